The van der Waals surface area contributed by atoms with E-state index in [-0.39, 0.29) is 6.04 Å². The van der Waals surface area contributed by atoms with Crippen LogP contribution in [0.15, 0.2) is 24.3 Å². The number of likely N-dealkylation sites (N-methyl/N-ethyl adjacent to an activating group) is 1. The number of benzene rings is 2. The van der Waals surface area contributed by atoms with Gasteiger partial charge in [-0.3, -0.25) is 4.90 Å². The molecule has 2 aliphatic heterocycles. The van der Waals surface area contributed by atoms with Crippen molar-refractivity contribution in [2.75, 3.05) is 28.1 Å². The van der Waals surface area contributed by atoms with Gasteiger partial charge in [0.2, 0.25) is 6.79 Å². The average Bonchev–Trinajstić information content (AvgIpc) is 3.22. The van der Waals surface area contributed by atoms with Crippen LogP contribution in [-0.4, -0.2) is 33.0 Å². The Hall–Kier alpha value is -2.66. The van der Waals surface area contributed by atoms with Crippen molar-refractivity contribution in [1.82, 2.24) is 4.90 Å². The number of methoxy groups -OCH3 is 2. The molecule has 0 amide bonds. The van der Waals surface area contributed by atoms with Crippen molar-refractivity contribution in [2.45, 2.75) is 12.6 Å². The molecule has 1 atom stereocenters. The van der Waals surface area contributed by atoms with Gasteiger partial charge in [0.1, 0.15) is 0 Å². The van der Waals surface area contributed by atoms with Crippen molar-refractivity contribution in [3.63, 3.8) is 0 Å². The summed E-state index contributed by atoms with van der Waals surface area (Å²) >= 11 is 0. The highest BCUT2D eigenvalue weighted by molar-refractivity contribution is 5.94. The maximum absolute atomic E-state index is 5.57. The van der Waals surface area contributed by atoms with Crippen molar-refractivity contribution in [3.8, 4) is 23.0 Å². The van der Waals surface area contributed by atoms with Gasteiger partial charge in [-0.15, -0.1) is 0 Å². The van der Waals surface area contributed by atoms with E-state index in [1.54, 1.807) is 14.2 Å². The number of fused-ring (bicyclic) bond motifs is 6. The first-order chi connectivity index (χ1) is 12.2. The van der Waals surface area contributed by atoms with E-state index in [0.717, 1.165) is 29.5 Å². The van der Waals surface area contributed by atoms with Gasteiger partial charge in [0, 0.05) is 6.54 Å². The Bertz CT molecular complexity index is 918. The van der Waals surface area contributed by atoms with E-state index in [1.165, 1.54) is 27.8 Å². The Labute approximate surface area is 146 Å². The first kappa shape index (κ1) is 14.7. The molecule has 2 aromatic rings. The molecule has 0 saturated heterocycles. The van der Waals surface area contributed by atoms with Gasteiger partial charge in [-0.2, -0.15) is 0 Å². The Morgan fingerprint density at radius 2 is 1.72 bits per heavy atom. The number of hydrogen-bond donors (Lipinski definition) is 0. The monoisotopic (exact) mass is 337 g/mol. The molecule has 5 heteroatoms. The van der Waals surface area contributed by atoms with Gasteiger partial charge in [-0.1, -0.05) is 0 Å². The zero-order valence-electron chi connectivity index (χ0n) is 14.5. The third-order valence-electron chi connectivity index (χ3n) is 5.26. The molecular formula is C20H19NO4. The first-order valence-corrected chi connectivity index (χ1v) is 8.30. The van der Waals surface area contributed by atoms with E-state index in [9.17, 15) is 0 Å². The second-order valence-electron chi connectivity index (χ2n) is 6.62. The summed E-state index contributed by atoms with van der Waals surface area (Å²) in [4.78, 5) is 2.36. The third-order valence-corrected chi connectivity index (χ3v) is 5.26. The highest BCUT2D eigenvalue weighted by Gasteiger charge is 2.36. The molecule has 0 saturated carbocycles. The Morgan fingerprint density at radius 1 is 1.00 bits per heavy atom. The zero-order chi connectivity index (χ0) is 17.1. The minimum Gasteiger partial charge on any atom is -0.493 e. The largest absolute Gasteiger partial charge is 0.493 e. The van der Waals surface area contributed by atoms with Crippen LogP contribution in [0.25, 0.3) is 11.6 Å². The second-order valence-corrected chi connectivity index (χ2v) is 6.62. The molecule has 1 unspecified atom stereocenters. The summed E-state index contributed by atoms with van der Waals surface area (Å²) < 4.78 is 22.1. The standard InChI is InChI=1S/C20H19NO4/c1-21-9-12-6-16(22-2)17(23-3)7-13(12)15-4-11-5-18-19(25-10-24-18)8-14(11)20(15)21/h4-8,20H,9-10H2,1-3H3. The maximum Gasteiger partial charge on any atom is 0.231 e. The van der Waals surface area contributed by atoms with Crippen molar-refractivity contribution >= 4 is 11.6 Å². The lowest BCUT2D eigenvalue weighted by Crippen LogP contribution is -2.28. The molecule has 5 rings (SSSR count). The van der Waals surface area contributed by atoms with Crippen molar-refractivity contribution in [2.24, 2.45) is 0 Å². The van der Waals surface area contributed by atoms with E-state index < -0.39 is 0 Å². The highest BCUT2D eigenvalue weighted by atomic mass is 16.7. The molecule has 0 N–H and O–H groups in total. The van der Waals surface area contributed by atoms with Crippen LogP contribution in [0.3, 0.4) is 0 Å². The summed E-state index contributed by atoms with van der Waals surface area (Å²) in [6.45, 7) is 1.15. The molecule has 5 nitrogen and oxygen atoms in total. The predicted octanol–water partition coefficient (Wildman–Crippen LogP) is 3.47. The molecule has 0 aromatic heterocycles. The van der Waals surface area contributed by atoms with Gasteiger partial charge in [0.25, 0.3) is 0 Å². The Morgan fingerprint density at radius 3 is 2.48 bits per heavy atom. The van der Waals surface area contributed by atoms with Gasteiger partial charge in [-0.05, 0) is 65.2 Å². The maximum atomic E-state index is 5.57. The van der Waals surface area contributed by atoms with Gasteiger partial charge in [0.05, 0.1) is 20.3 Å². The molecule has 0 bridgehead atoms. The second kappa shape index (κ2) is 5.17. The summed E-state index contributed by atoms with van der Waals surface area (Å²) in [7, 11) is 5.50. The Kier molecular flexibility index (Phi) is 3.03. The van der Waals surface area contributed by atoms with Crippen LogP contribution in [0.4, 0.5) is 0 Å². The fraction of sp³-hybridized carbons (Fsp3) is 0.300. The molecule has 2 heterocycles. The van der Waals surface area contributed by atoms with Crippen molar-refractivity contribution in [1.29, 1.82) is 0 Å². The van der Waals surface area contributed by atoms with Gasteiger partial charge in [0.15, 0.2) is 23.0 Å². The molecular weight excluding hydrogens is 318 g/mol. The number of hydrogen-bond acceptors (Lipinski definition) is 5. The molecule has 0 spiro atoms. The summed E-state index contributed by atoms with van der Waals surface area (Å²) in [6, 6.07) is 8.59. The topological polar surface area (TPSA) is 40.2 Å². The van der Waals surface area contributed by atoms with Crippen LogP contribution < -0.4 is 18.9 Å². The van der Waals surface area contributed by atoms with Crippen LogP contribution in [0.5, 0.6) is 23.0 Å². The number of ether oxygens (including phenoxy) is 4. The van der Waals surface area contributed by atoms with Crippen molar-refractivity contribution < 1.29 is 18.9 Å². The van der Waals surface area contributed by atoms with E-state index in [0.29, 0.717) is 6.79 Å². The lowest BCUT2D eigenvalue weighted by atomic mass is 9.88. The van der Waals surface area contributed by atoms with E-state index >= 15 is 0 Å². The van der Waals surface area contributed by atoms with E-state index in [2.05, 4.69) is 42.3 Å². The van der Waals surface area contributed by atoms with Gasteiger partial charge in [-0.25, -0.2) is 0 Å². The number of rotatable bonds is 2. The van der Waals surface area contributed by atoms with Crippen LogP contribution in [-0.2, 0) is 6.54 Å². The van der Waals surface area contributed by atoms with Crippen LogP contribution >= 0.6 is 0 Å². The minimum atomic E-state index is 0.218. The summed E-state index contributed by atoms with van der Waals surface area (Å²) in [5.74, 6) is 3.19. The molecule has 2 aromatic carbocycles. The molecule has 0 fully saturated rings. The Balaban J connectivity index is 1.68. The zero-order valence-corrected chi connectivity index (χ0v) is 14.5. The lowest BCUT2D eigenvalue weighted by Gasteiger charge is -2.35. The first-order valence-electron chi connectivity index (χ1n) is 8.30. The molecule has 3 aliphatic rings. The third kappa shape index (κ3) is 1.99. The van der Waals surface area contributed by atoms with Crippen LogP contribution in [0.2, 0.25) is 0 Å². The predicted molar refractivity (Wildman–Crippen MR) is 94.2 cm³/mol. The quantitative estimate of drug-likeness (QED) is 0.839. The fourth-order valence-corrected chi connectivity index (χ4v) is 4.13. The van der Waals surface area contributed by atoms with E-state index in [4.69, 9.17) is 18.9 Å². The minimum absolute atomic E-state index is 0.218. The smallest absolute Gasteiger partial charge is 0.231 e. The summed E-state index contributed by atoms with van der Waals surface area (Å²) in [5, 5.41) is 0. The summed E-state index contributed by atoms with van der Waals surface area (Å²) in [5.41, 5.74) is 6.21. The van der Waals surface area contributed by atoms with Gasteiger partial charge < -0.3 is 18.9 Å². The molecule has 128 valence electrons. The number of nitrogens with zero attached hydrogens (tertiary/aromatic N) is 1. The normalized spacial score (nSPS) is 19.8. The molecule has 0 radical (unpaired) electrons. The highest BCUT2D eigenvalue weighted by Crippen LogP contribution is 2.52. The lowest BCUT2D eigenvalue weighted by molar-refractivity contribution is 0.174. The molecule has 1 aliphatic carbocycles. The van der Waals surface area contributed by atoms with E-state index in [1.807, 2.05) is 0 Å². The van der Waals surface area contributed by atoms with Crippen LogP contribution in [0, 0.1) is 0 Å². The molecule has 25 heavy (non-hydrogen) atoms. The average molecular weight is 337 g/mol. The van der Waals surface area contributed by atoms with Crippen LogP contribution in [0.1, 0.15) is 28.3 Å². The SMILES string of the molecule is COc1cc2c(cc1OC)C1=Cc3cc4c(cc3C1N(C)C2)OCO4. The van der Waals surface area contributed by atoms with Crippen molar-refractivity contribution in [3.05, 3.63) is 46.5 Å². The fourth-order valence-electron chi connectivity index (χ4n) is 4.13. The van der Waals surface area contributed by atoms with Gasteiger partial charge >= 0.3 is 0 Å². The summed E-state index contributed by atoms with van der Waals surface area (Å²) in [6.07, 6.45) is 2.25.